The van der Waals surface area contributed by atoms with Crippen LogP contribution in [0.5, 0.6) is 0 Å². The van der Waals surface area contributed by atoms with Gasteiger partial charge in [0.15, 0.2) is 0 Å². The summed E-state index contributed by atoms with van der Waals surface area (Å²) in [5.41, 5.74) is 7.08. The summed E-state index contributed by atoms with van der Waals surface area (Å²) in [6, 6.07) is 0. The molecule has 0 aromatic rings. The highest BCUT2D eigenvalue weighted by Crippen LogP contribution is 2.21. The Bertz CT molecular complexity index is 949. The lowest BCUT2D eigenvalue weighted by Gasteiger charge is -2.15. The number of nitrogens with one attached hydrogen (secondary N) is 2. The Hall–Kier alpha value is -3.43. The third-order valence-corrected chi connectivity index (χ3v) is 4.61. The van der Waals surface area contributed by atoms with Crippen LogP contribution in [-0.2, 0) is 4.79 Å². The fraction of sp³-hybridized carbons (Fsp3) is 0.269. The van der Waals surface area contributed by atoms with Crippen molar-refractivity contribution in [1.82, 2.24) is 10.6 Å². The van der Waals surface area contributed by atoms with Crippen LogP contribution in [0.15, 0.2) is 106 Å². The molecule has 1 atom stereocenters. The number of carbonyl (C=O) groups excluding carboxylic acids is 1. The van der Waals surface area contributed by atoms with Crippen LogP contribution in [0.25, 0.3) is 0 Å². The molecular weight excluding hydrogens is 389 g/mol. The lowest BCUT2D eigenvalue weighted by atomic mass is 10.00. The van der Waals surface area contributed by atoms with Gasteiger partial charge in [0.05, 0.1) is 17.1 Å². The lowest BCUT2D eigenvalue weighted by molar-refractivity contribution is -0.116. The first-order chi connectivity index (χ1) is 14.9. The van der Waals surface area contributed by atoms with Gasteiger partial charge in [-0.25, -0.2) is 4.39 Å². The number of allylic oxidation sites excluding steroid dienone is 9. The summed E-state index contributed by atoms with van der Waals surface area (Å²) in [5.74, 6) is -0.376. The Morgan fingerprint density at radius 3 is 2.58 bits per heavy atom. The van der Waals surface area contributed by atoms with Crippen LogP contribution in [-0.4, -0.2) is 19.2 Å². The molecule has 0 aliphatic carbocycles. The number of nitrogens with zero attached hydrogens (tertiary/aromatic N) is 1. The molecule has 5 heteroatoms. The first-order valence-corrected chi connectivity index (χ1v) is 10.3. The minimum absolute atomic E-state index is 0.165. The molecule has 164 valence electrons. The van der Waals surface area contributed by atoms with Crippen LogP contribution < -0.4 is 10.6 Å². The van der Waals surface area contributed by atoms with E-state index in [4.69, 9.17) is 0 Å². The van der Waals surface area contributed by atoms with Gasteiger partial charge < -0.3 is 10.6 Å². The smallest absolute Gasteiger partial charge is 0.250 e. The largest absolute Gasteiger partial charge is 0.355 e. The summed E-state index contributed by atoms with van der Waals surface area (Å²) in [4.78, 5) is 16.1. The van der Waals surface area contributed by atoms with Crippen molar-refractivity contribution in [3.05, 3.63) is 101 Å². The van der Waals surface area contributed by atoms with E-state index in [1.807, 2.05) is 51.2 Å². The Labute approximate surface area is 185 Å². The highest BCUT2D eigenvalue weighted by molar-refractivity contribution is 5.96. The Morgan fingerprint density at radius 2 is 2.03 bits per heavy atom. The normalized spacial score (nSPS) is 17.3. The van der Waals surface area contributed by atoms with Crippen molar-refractivity contribution in [1.29, 1.82) is 0 Å². The predicted molar refractivity (Wildman–Crippen MR) is 129 cm³/mol. The average Bonchev–Trinajstić information content (AvgIpc) is 3.24. The minimum atomic E-state index is -0.211. The summed E-state index contributed by atoms with van der Waals surface area (Å²) in [6.45, 7) is 11.4. The van der Waals surface area contributed by atoms with Crippen molar-refractivity contribution in [2.45, 2.75) is 34.1 Å². The standard InChI is InChI=1S/C26H32FN3O/c1-7-11-22(20(8-2)14-15-21(9-3)26(31)28-6)13-12-19(5)25(18-27)30-24-16-17-29-23(24)10-4/h9-19,30H,2,7H2,1,3-6H3,(H,28,31)/b13-12-,15-14-,21-9+,22-11+,23-10+,25-18+. The first-order valence-electron chi connectivity index (χ1n) is 10.3. The fourth-order valence-electron chi connectivity index (χ4n) is 2.80. The molecule has 0 fully saturated rings. The molecule has 31 heavy (non-hydrogen) atoms. The van der Waals surface area contributed by atoms with Gasteiger partial charge in [-0.15, -0.1) is 5.73 Å². The van der Waals surface area contributed by atoms with Crippen LogP contribution in [0.2, 0.25) is 0 Å². The minimum Gasteiger partial charge on any atom is -0.355 e. The zero-order chi connectivity index (χ0) is 23.2. The van der Waals surface area contributed by atoms with Gasteiger partial charge in [0.1, 0.15) is 6.33 Å². The second kappa shape index (κ2) is 13.7. The number of hydrogen-bond donors (Lipinski definition) is 2. The molecule has 1 heterocycles. The molecule has 1 aliphatic heterocycles. The van der Waals surface area contributed by atoms with E-state index < -0.39 is 0 Å². The van der Waals surface area contributed by atoms with Gasteiger partial charge in [0.25, 0.3) is 5.91 Å². The molecule has 0 spiro atoms. The van der Waals surface area contributed by atoms with Crippen molar-refractivity contribution in [3.63, 3.8) is 0 Å². The zero-order valence-electron chi connectivity index (χ0n) is 19.0. The van der Waals surface area contributed by atoms with E-state index in [-0.39, 0.29) is 11.8 Å². The first kappa shape index (κ1) is 25.6. The molecule has 0 aromatic heterocycles. The molecule has 2 N–H and O–H groups in total. The molecule has 0 aromatic carbocycles. The van der Waals surface area contributed by atoms with Crippen molar-refractivity contribution in [2.75, 3.05) is 7.05 Å². The van der Waals surface area contributed by atoms with Gasteiger partial charge in [0, 0.05) is 30.3 Å². The van der Waals surface area contributed by atoms with E-state index in [1.54, 1.807) is 38.4 Å². The Balaban J connectivity index is 3.03. The Kier molecular flexibility index (Phi) is 11.3. The molecule has 0 radical (unpaired) electrons. The molecule has 0 saturated carbocycles. The van der Waals surface area contributed by atoms with Crippen LogP contribution in [0.1, 0.15) is 34.1 Å². The van der Waals surface area contributed by atoms with Gasteiger partial charge >= 0.3 is 0 Å². The van der Waals surface area contributed by atoms with Gasteiger partial charge in [-0.2, -0.15) is 0 Å². The number of likely N-dealkylation sites (N-methyl/N-ethyl adjacent to an activating group) is 1. The van der Waals surface area contributed by atoms with E-state index >= 15 is 0 Å². The third-order valence-electron chi connectivity index (χ3n) is 4.61. The van der Waals surface area contributed by atoms with Gasteiger partial charge in [-0.05, 0) is 44.1 Å². The van der Waals surface area contributed by atoms with E-state index in [0.29, 0.717) is 17.6 Å². The molecular formula is C26H32FN3O. The van der Waals surface area contributed by atoms with E-state index in [2.05, 4.69) is 27.9 Å². The van der Waals surface area contributed by atoms with Crippen molar-refractivity contribution in [2.24, 2.45) is 10.9 Å². The topological polar surface area (TPSA) is 53.5 Å². The number of carbonyl (C=O) groups is 1. The van der Waals surface area contributed by atoms with Crippen molar-refractivity contribution in [3.8, 4) is 0 Å². The average molecular weight is 422 g/mol. The SMILES string of the molecule is C=C=C(/C=C\C(=C/C)C(=O)NC)C(/C=C\C(C)/C(=C\F)NC1=CC=N/C1=C/C)=C/CC. The predicted octanol–water partition coefficient (Wildman–Crippen LogP) is 5.75. The van der Waals surface area contributed by atoms with Gasteiger partial charge in [-0.1, -0.05) is 50.8 Å². The molecule has 0 bridgehead atoms. The summed E-state index contributed by atoms with van der Waals surface area (Å²) >= 11 is 0. The van der Waals surface area contributed by atoms with Crippen molar-refractivity contribution >= 4 is 12.1 Å². The van der Waals surface area contributed by atoms with E-state index in [1.165, 1.54) is 0 Å². The number of amides is 1. The van der Waals surface area contributed by atoms with Gasteiger partial charge in [0.2, 0.25) is 0 Å². The van der Waals surface area contributed by atoms with Crippen LogP contribution in [0, 0.1) is 5.92 Å². The second-order valence-electron chi connectivity index (χ2n) is 6.68. The number of halogens is 1. The molecule has 1 unspecified atom stereocenters. The molecule has 0 saturated heterocycles. The number of rotatable bonds is 10. The summed E-state index contributed by atoms with van der Waals surface area (Å²) < 4.78 is 13.6. The lowest BCUT2D eigenvalue weighted by Crippen LogP contribution is -2.18. The molecule has 1 aliphatic rings. The van der Waals surface area contributed by atoms with Crippen LogP contribution in [0.3, 0.4) is 0 Å². The summed E-state index contributed by atoms with van der Waals surface area (Å²) in [6.07, 6.45) is 17.9. The highest BCUT2D eigenvalue weighted by Gasteiger charge is 2.13. The van der Waals surface area contributed by atoms with Crippen LogP contribution in [0.4, 0.5) is 4.39 Å². The maximum atomic E-state index is 13.6. The zero-order valence-corrected chi connectivity index (χ0v) is 19.0. The number of hydrogen-bond acceptors (Lipinski definition) is 3. The summed E-state index contributed by atoms with van der Waals surface area (Å²) in [5, 5.41) is 5.72. The maximum absolute atomic E-state index is 13.6. The van der Waals surface area contributed by atoms with Crippen molar-refractivity contribution < 1.29 is 9.18 Å². The van der Waals surface area contributed by atoms with E-state index in [0.717, 1.165) is 29.0 Å². The van der Waals surface area contributed by atoms with Crippen LogP contribution >= 0.6 is 0 Å². The van der Waals surface area contributed by atoms with Gasteiger partial charge in [-0.3, -0.25) is 9.79 Å². The third kappa shape index (κ3) is 7.72. The molecule has 1 amide bonds. The molecule has 4 nitrogen and oxygen atoms in total. The maximum Gasteiger partial charge on any atom is 0.250 e. The Morgan fingerprint density at radius 1 is 1.29 bits per heavy atom. The monoisotopic (exact) mass is 421 g/mol. The highest BCUT2D eigenvalue weighted by atomic mass is 19.1. The quantitative estimate of drug-likeness (QED) is 0.268. The molecule has 1 rings (SSSR count). The summed E-state index contributed by atoms with van der Waals surface area (Å²) in [7, 11) is 1.59. The number of aliphatic imine (C=N–C) groups is 1. The van der Waals surface area contributed by atoms with E-state index in [9.17, 15) is 9.18 Å². The fourth-order valence-corrected chi connectivity index (χ4v) is 2.80. The second-order valence-corrected chi connectivity index (χ2v) is 6.68.